The van der Waals surface area contributed by atoms with Crippen LogP contribution in [-0.2, 0) is 0 Å². The fourth-order valence-corrected chi connectivity index (χ4v) is 4.19. The maximum absolute atomic E-state index is 5.52. The fourth-order valence-electron chi connectivity index (χ4n) is 4.19. The first-order valence-corrected chi connectivity index (χ1v) is 10.2. The zero-order valence-corrected chi connectivity index (χ0v) is 16.8. The van der Waals surface area contributed by atoms with Gasteiger partial charge in [-0.2, -0.15) is 0 Å². The number of hydrogen-bond donors (Lipinski definition) is 2. The van der Waals surface area contributed by atoms with Crippen LogP contribution in [0.2, 0.25) is 0 Å². The molecule has 0 spiro atoms. The van der Waals surface area contributed by atoms with Gasteiger partial charge in [-0.15, -0.1) is 0 Å². The number of rotatable bonds is 6. The summed E-state index contributed by atoms with van der Waals surface area (Å²) >= 11 is 0. The lowest BCUT2D eigenvalue weighted by atomic mass is 10.1. The first-order valence-electron chi connectivity index (χ1n) is 10.2. The Morgan fingerprint density at radius 3 is 2.71 bits per heavy atom. The molecule has 2 aromatic carbocycles. The molecule has 4 rings (SSSR count). The van der Waals surface area contributed by atoms with Crippen molar-refractivity contribution in [2.75, 3.05) is 38.7 Å². The summed E-state index contributed by atoms with van der Waals surface area (Å²) in [5.74, 6) is 3.24. The van der Waals surface area contributed by atoms with Crippen molar-refractivity contribution in [3.05, 3.63) is 60.2 Å². The summed E-state index contributed by atoms with van der Waals surface area (Å²) in [5, 5.41) is 7.13. The summed E-state index contributed by atoms with van der Waals surface area (Å²) in [5.41, 5.74) is 2.63. The molecule has 1 aliphatic heterocycles. The Hall–Kier alpha value is -2.69. The Morgan fingerprint density at radius 2 is 1.93 bits per heavy atom. The summed E-state index contributed by atoms with van der Waals surface area (Å²) < 4.78 is 5.52. The summed E-state index contributed by atoms with van der Waals surface area (Å²) in [4.78, 5) is 6.82. The largest absolute Gasteiger partial charge is 0.495 e. The molecule has 0 aromatic heterocycles. The molecular weight excluding hydrogens is 348 g/mol. The molecule has 1 heterocycles. The molecule has 2 aliphatic rings. The average Bonchev–Trinajstić information content (AvgIpc) is 3.39. The molecule has 0 radical (unpaired) electrons. The van der Waals surface area contributed by atoms with Gasteiger partial charge in [-0.25, -0.2) is 0 Å². The van der Waals surface area contributed by atoms with E-state index in [4.69, 9.17) is 4.74 Å². The molecule has 5 nitrogen and oxygen atoms in total. The number of methoxy groups -OCH3 is 1. The van der Waals surface area contributed by atoms with Crippen LogP contribution in [0.4, 0.5) is 5.69 Å². The number of aliphatic imine (C=N–C) groups is 1. The molecule has 28 heavy (non-hydrogen) atoms. The van der Waals surface area contributed by atoms with Gasteiger partial charge in [0.15, 0.2) is 5.96 Å². The monoisotopic (exact) mass is 378 g/mol. The van der Waals surface area contributed by atoms with E-state index in [1.54, 1.807) is 7.11 Å². The number of guanidine groups is 1. The first-order chi connectivity index (χ1) is 13.8. The minimum atomic E-state index is 0.389. The number of nitrogens with zero attached hydrogens (tertiary/aromatic N) is 2. The fraction of sp³-hybridized carbons (Fsp3) is 0.435. The van der Waals surface area contributed by atoms with E-state index in [1.807, 2.05) is 19.2 Å². The van der Waals surface area contributed by atoms with Crippen LogP contribution >= 0.6 is 0 Å². The number of para-hydroxylation sites is 2. The molecule has 0 amide bonds. The van der Waals surface area contributed by atoms with E-state index in [0.29, 0.717) is 17.9 Å². The van der Waals surface area contributed by atoms with Gasteiger partial charge in [0.1, 0.15) is 5.75 Å². The highest BCUT2D eigenvalue weighted by atomic mass is 16.5. The zero-order valence-electron chi connectivity index (χ0n) is 16.8. The van der Waals surface area contributed by atoms with E-state index < -0.39 is 0 Å². The molecule has 0 bridgehead atoms. The van der Waals surface area contributed by atoms with Gasteiger partial charge < -0.3 is 20.3 Å². The normalized spacial score (nSPS) is 24.1. The number of anilines is 1. The minimum Gasteiger partial charge on any atom is -0.495 e. The molecule has 148 valence electrons. The molecule has 2 N–H and O–H groups in total. The van der Waals surface area contributed by atoms with Crippen LogP contribution in [0.5, 0.6) is 5.75 Å². The predicted molar refractivity (Wildman–Crippen MR) is 115 cm³/mol. The molecule has 3 atom stereocenters. The Balaban J connectivity index is 1.26. The standard InChI is InChI=1S/C23H30N4O/c1-24-23(25-15-18-14-20(18)17-8-4-3-5-9-17)26-19-12-13-27(16-19)21-10-6-7-11-22(21)28-2/h3-11,18-20H,12-16H2,1-2H3,(H2,24,25,26). The average molecular weight is 379 g/mol. The summed E-state index contributed by atoms with van der Waals surface area (Å²) in [6.07, 6.45) is 2.35. The number of ether oxygens (including phenoxy) is 1. The molecule has 2 aromatic rings. The Kier molecular flexibility index (Phi) is 5.70. The quantitative estimate of drug-likeness (QED) is 0.598. The van der Waals surface area contributed by atoms with E-state index in [9.17, 15) is 0 Å². The van der Waals surface area contributed by atoms with Crippen molar-refractivity contribution >= 4 is 11.6 Å². The van der Waals surface area contributed by atoms with Crippen LogP contribution < -0.4 is 20.3 Å². The number of hydrogen-bond acceptors (Lipinski definition) is 3. The van der Waals surface area contributed by atoms with Crippen LogP contribution in [-0.4, -0.2) is 45.8 Å². The maximum atomic E-state index is 5.52. The summed E-state index contributed by atoms with van der Waals surface area (Å²) in [6.45, 7) is 2.95. The lowest BCUT2D eigenvalue weighted by Gasteiger charge is -2.22. The van der Waals surface area contributed by atoms with Gasteiger partial charge in [-0.05, 0) is 42.4 Å². The molecule has 1 saturated carbocycles. The second-order valence-electron chi connectivity index (χ2n) is 7.71. The summed E-state index contributed by atoms with van der Waals surface area (Å²) in [6, 6.07) is 19.4. The Morgan fingerprint density at radius 1 is 1.14 bits per heavy atom. The van der Waals surface area contributed by atoms with Gasteiger partial charge in [-0.3, -0.25) is 4.99 Å². The van der Waals surface area contributed by atoms with Crippen molar-refractivity contribution in [2.45, 2.75) is 24.8 Å². The summed E-state index contributed by atoms with van der Waals surface area (Å²) in [7, 11) is 3.58. The van der Waals surface area contributed by atoms with E-state index in [1.165, 1.54) is 17.7 Å². The number of benzene rings is 2. The van der Waals surface area contributed by atoms with E-state index in [0.717, 1.165) is 37.8 Å². The third-order valence-electron chi connectivity index (χ3n) is 5.86. The zero-order chi connectivity index (χ0) is 19.3. The molecule has 5 heteroatoms. The van der Waals surface area contributed by atoms with Gasteiger partial charge >= 0.3 is 0 Å². The lowest BCUT2D eigenvalue weighted by molar-refractivity contribution is 0.415. The van der Waals surface area contributed by atoms with E-state index >= 15 is 0 Å². The second-order valence-corrected chi connectivity index (χ2v) is 7.71. The van der Waals surface area contributed by atoms with Crippen molar-refractivity contribution in [2.24, 2.45) is 10.9 Å². The lowest BCUT2D eigenvalue weighted by Crippen LogP contribution is -2.45. The maximum Gasteiger partial charge on any atom is 0.191 e. The van der Waals surface area contributed by atoms with Crippen molar-refractivity contribution in [3.63, 3.8) is 0 Å². The van der Waals surface area contributed by atoms with Crippen molar-refractivity contribution in [3.8, 4) is 5.75 Å². The third kappa shape index (κ3) is 4.24. The topological polar surface area (TPSA) is 48.9 Å². The van der Waals surface area contributed by atoms with Gasteiger partial charge in [0, 0.05) is 32.7 Å². The SMILES string of the molecule is CN=C(NCC1CC1c1ccccc1)NC1CCN(c2ccccc2OC)C1. The Bertz CT molecular complexity index is 807. The van der Waals surface area contributed by atoms with Crippen molar-refractivity contribution < 1.29 is 4.74 Å². The first kappa shape index (κ1) is 18.7. The molecule has 1 saturated heterocycles. The van der Waals surface area contributed by atoms with E-state index in [-0.39, 0.29) is 0 Å². The van der Waals surface area contributed by atoms with Crippen LogP contribution in [0.25, 0.3) is 0 Å². The second kappa shape index (κ2) is 8.55. The van der Waals surface area contributed by atoms with Crippen molar-refractivity contribution in [1.29, 1.82) is 0 Å². The smallest absolute Gasteiger partial charge is 0.191 e. The third-order valence-corrected chi connectivity index (χ3v) is 5.86. The van der Waals surface area contributed by atoms with Crippen LogP contribution in [0, 0.1) is 5.92 Å². The number of nitrogens with one attached hydrogen (secondary N) is 2. The highest BCUT2D eigenvalue weighted by Crippen LogP contribution is 2.46. The van der Waals surface area contributed by atoms with Gasteiger partial charge in [0.2, 0.25) is 0 Å². The van der Waals surface area contributed by atoms with E-state index in [2.05, 4.69) is 63.0 Å². The minimum absolute atomic E-state index is 0.389. The highest BCUT2D eigenvalue weighted by Gasteiger charge is 2.38. The van der Waals surface area contributed by atoms with Crippen LogP contribution in [0.1, 0.15) is 24.3 Å². The predicted octanol–water partition coefficient (Wildman–Crippen LogP) is 3.24. The molecular formula is C23H30N4O. The molecule has 3 unspecified atom stereocenters. The molecule has 2 fully saturated rings. The van der Waals surface area contributed by atoms with Gasteiger partial charge in [-0.1, -0.05) is 42.5 Å². The van der Waals surface area contributed by atoms with Gasteiger partial charge in [0.25, 0.3) is 0 Å². The Labute approximate surface area is 167 Å². The molecule has 1 aliphatic carbocycles. The van der Waals surface area contributed by atoms with Crippen LogP contribution in [0.15, 0.2) is 59.6 Å². The van der Waals surface area contributed by atoms with Gasteiger partial charge in [0.05, 0.1) is 12.8 Å². The van der Waals surface area contributed by atoms with Crippen LogP contribution in [0.3, 0.4) is 0 Å². The van der Waals surface area contributed by atoms with Crippen molar-refractivity contribution in [1.82, 2.24) is 10.6 Å². The highest BCUT2D eigenvalue weighted by molar-refractivity contribution is 5.80.